The average Bonchev–Trinajstić information content (AvgIpc) is 3.25. The van der Waals surface area contributed by atoms with E-state index >= 15 is 0 Å². The first-order valence-electron chi connectivity index (χ1n) is 10.8. The van der Waals surface area contributed by atoms with Crippen LogP contribution in [0.15, 0.2) is 12.3 Å². The van der Waals surface area contributed by atoms with Crippen molar-refractivity contribution in [3.05, 3.63) is 18.0 Å². The number of esters is 1. The number of nitrogens with zero attached hydrogens (tertiary/aromatic N) is 4. The number of ether oxygens (including phenoxy) is 1. The predicted octanol–water partition coefficient (Wildman–Crippen LogP) is 0.963. The fraction of sp³-hybridized carbons (Fsp3) is 0.762. The molecule has 8 nitrogen and oxygen atoms in total. The summed E-state index contributed by atoms with van der Waals surface area (Å²) in [6, 6.07) is 1.93. The first-order valence-corrected chi connectivity index (χ1v) is 10.8. The summed E-state index contributed by atoms with van der Waals surface area (Å²) < 4.78 is 7.58. The summed E-state index contributed by atoms with van der Waals surface area (Å²) in [6.07, 6.45) is 5.63. The van der Waals surface area contributed by atoms with E-state index in [4.69, 9.17) is 4.74 Å². The van der Waals surface area contributed by atoms with Gasteiger partial charge in [0.25, 0.3) is 0 Å². The highest BCUT2D eigenvalue weighted by molar-refractivity contribution is 5.80. The third-order valence-electron chi connectivity index (χ3n) is 6.88. The van der Waals surface area contributed by atoms with Crippen molar-refractivity contribution < 1.29 is 19.4 Å². The van der Waals surface area contributed by atoms with Gasteiger partial charge in [0.15, 0.2) is 0 Å². The van der Waals surface area contributed by atoms with E-state index in [9.17, 15) is 14.7 Å². The molecule has 8 heteroatoms. The quantitative estimate of drug-likeness (QED) is 0.736. The fourth-order valence-electron chi connectivity index (χ4n) is 4.91. The number of carbonyl (C=O) groups excluding carboxylic acids is 2. The van der Waals surface area contributed by atoms with Gasteiger partial charge in [0.05, 0.1) is 11.5 Å². The maximum Gasteiger partial charge on any atom is 0.312 e. The summed E-state index contributed by atoms with van der Waals surface area (Å²) >= 11 is 0. The molecule has 0 aliphatic carbocycles. The molecule has 29 heavy (non-hydrogen) atoms. The molecule has 1 amide bonds. The molecule has 0 saturated carbocycles. The average molecular weight is 405 g/mol. The molecule has 1 aromatic heterocycles. The molecule has 0 aromatic carbocycles. The minimum absolute atomic E-state index is 0.0669. The van der Waals surface area contributed by atoms with Crippen LogP contribution in [0.3, 0.4) is 0 Å². The molecular formula is C21H32N4O4. The first kappa shape index (κ1) is 20.3. The molecule has 1 aromatic rings. The van der Waals surface area contributed by atoms with Crippen molar-refractivity contribution in [3.63, 3.8) is 0 Å². The molecule has 1 spiro atoms. The molecular weight excluding hydrogens is 372 g/mol. The van der Waals surface area contributed by atoms with Crippen LogP contribution in [-0.2, 0) is 20.9 Å². The number of hydrogen-bond donors (Lipinski definition) is 1. The Morgan fingerprint density at radius 1 is 1.28 bits per heavy atom. The van der Waals surface area contributed by atoms with Gasteiger partial charge in [0.1, 0.15) is 6.10 Å². The van der Waals surface area contributed by atoms with Gasteiger partial charge in [-0.2, -0.15) is 5.10 Å². The lowest BCUT2D eigenvalue weighted by Crippen LogP contribution is -2.45. The third-order valence-corrected chi connectivity index (χ3v) is 6.88. The molecule has 3 aliphatic heterocycles. The van der Waals surface area contributed by atoms with Crippen LogP contribution in [-0.4, -0.2) is 81.5 Å². The highest BCUT2D eigenvalue weighted by atomic mass is 16.6. The summed E-state index contributed by atoms with van der Waals surface area (Å²) in [5, 5.41) is 13.9. The lowest BCUT2D eigenvalue weighted by atomic mass is 9.76. The van der Waals surface area contributed by atoms with Crippen LogP contribution in [0, 0.1) is 12.3 Å². The smallest absolute Gasteiger partial charge is 0.312 e. The van der Waals surface area contributed by atoms with Crippen molar-refractivity contribution in [1.82, 2.24) is 19.6 Å². The van der Waals surface area contributed by atoms with Crippen LogP contribution in [0.2, 0.25) is 0 Å². The largest absolute Gasteiger partial charge is 0.461 e. The zero-order valence-corrected chi connectivity index (χ0v) is 17.3. The van der Waals surface area contributed by atoms with E-state index in [-0.39, 0.29) is 24.1 Å². The van der Waals surface area contributed by atoms with Gasteiger partial charge >= 0.3 is 5.97 Å². The molecule has 0 bridgehead atoms. The molecule has 3 saturated heterocycles. The second-order valence-electron chi connectivity index (χ2n) is 8.87. The Kier molecular flexibility index (Phi) is 5.92. The molecule has 4 rings (SSSR count). The third kappa shape index (κ3) is 4.48. The maximum atomic E-state index is 12.7. The van der Waals surface area contributed by atoms with E-state index in [1.54, 1.807) is 6.20 Å². The summed E-state index contributed by atoms with van der Waals surface area (Å²) in [4.78, 5) is 29.4. The molecule has 1 unspecified atom stereocenters. The van der Waals surface area contributed by atoms with Crippen molar-refractivity contribution in [3.8, 4) is 0 Å². The van der Waals surface area contributed by atoms with Crippen LogP contribution in [0.1, 0.15) is 44.2 Å². The number of carbonyl (C=O) groups is 2. The van der Waals surface area contributed by atoms with Crippen LogP contribution in [0.5, 0.6) is 0 Å². The monoisotopic (exact) mass is 404 g/mol. The highest BCUT2D eigenvalue weighted by Crippen LogP contribution is 2.43. The van der Waals surface area contributed by atoms with Gasteiger partial charge in [0.2, 0.25) is 5.91 Å². The van der Waals surface area contributed by atoms with Gasteiger partial charge < -0.3 is 14.7 Å². The number of aryl methyl sites for hydroxylation is 2. The zero-order chi connectivity index (χ0) is 20.4. The lowest BCUT2D eigenvalue weighted by Gasteiger charge is -2.36. The Morgan fingerprint density at radius 2 is 2.00 bits per heavy atom. The number of cyclic esters (lactones) is 1. The number of rotatable bonds is 5. The Hall–Kier alpha value is -1.93. The number of hydrogen-bond acceptors (Lipinski definition) is 6. The molecule has 1 atom stereocenters. The maximum absolute atomic E-state index is 12.7. The van der Waals surface area contributed by atoms with Crippen LogP contribution in [0.25, 0.3) is 0 Å². The predicted molar refractivity (Wildman–Crippen MR) is 106 cm³/mol. The first-order chi connectivity index (χ1) is 13.9. The van der Waals surface area contributed by atoms with Crippen LogP contribution < -0.4 is 0 Å². The van der Waals surface area contributed by atoms with E-state index in [1.165, 1.54) is 0 Å². The number of likely N-dealkylation sites (tertiary alicyclic amines) is 2. The Bertz CT molecular complexity index is 733. The van der Waals surface area contributed by atoms with E-state index < -0.39 is 5.41 Å². The summed E-state index contributed by atoms with van der Waals surface area (Å²) in [5.74, 6) is 0.0448. The van der Waals surface area contributed by atoms with Gasteiger partial charge in [-0.3, -0.25) is 19.2 Å². The second kappa shape index (κ2) is 8.44. The topological polar surface area (TPSA) is 87.9 Å². The number of aliphatic hydroxyl groups is 1. The summed E-state index contributed by atoms with van der Waals surface area (Å²) in [6.45, 7) is 6.29. The second-order valence-corrected chi connectivity index (χ2v) is 8.87. The minimum atomic E-state index is -0.421. The van der Waals surface area contributed by atoms with Crippen molar-refractivity contribution in [1.29, 1.82) is 0 Å². The molecule has 3 aliphatic rings. The Morgan fingerprint density at radius 3 is 2.66 bits per heavy atom. The summed E-state index contributed by atoms with van der Waals surface area (Å²) in [7, 11) is 0. The van der Waals surface area contributed by atoms with Gasteiger partial charge in [-0.15, -0.1) is 0 Å². The summed E-state index contributed by atoms with van der Waals surface area (Å²) in [5.41, 5.74) is 0.633. The van der Waals surface area contributed by atoms with E-state index in [0.717, 1.165) is 44.6 Å². The molecule has 1 N–H and O–H groups in total. The van der Waals surface area contributed by atoms with Gasteiger partial charge in [0, 0.05) is 64.0 Å². The van der Waals surface area contributed by atoms with Crippen LogP contribution >= 0.6 is 0 Å². The van der Waals surface area contributed by atoms with Crippen LogP contribution in [0.4, 0.5) is 0 Å². The van der Waals surface area contributed by atoms with E-state index in [1.807, 2.05) is 22.6 Å². The Labute approximate surface area is 171 Å². The van der Waals surface area contributed by atoms with E-state index in [0.29, 0.717) is 38.9 Å². The van der Waals surface area contributed by atoms with Crippen molar-refractivity contribution in [2.24, 2.45) is 5.41 Å². The van der Waals surface area contributed by atoms with E-state index in [2.05, 4.69) is 10.00 Å². The van der Waals surface area contributed by atoms with Gasteiger partial charge in [-0.25, -0.2) is 0 Å². The molecule has 4 heterocycles. The number of piperidine rings is 2. The zero-order valence-electron chi connectivity index (χ0n) is 17.3. The van der Waals surface area contributed by atoms with Gasteiger partial charge in [-0.05, 0) is 38.7 Å². The van der Waals surface area contributed by atoms with Crippen molar-refractivity contribution in [2.45, 2.75) is 64.2 Å². The van der Waals surface area contributed by atoms with Crippen molar-refractivity contribution in [2.75, 3.05) is 32.7 Å². The number of amides is 1. The molecule has 0 radical (unpaired) electrons. The highest BCUT2D eigenvalue weighted by Gasteiger charge is 2.51. The van der Waals surface area contributed by atoms with Gasteiger partial charge in [-0.1, -0.05) is 0 Å². The van der Waals surface area contributed by atoms with Crippen molar-refractivity contribution >= 4 is 11.9 Å². The normalized spacial score (nSPS) is 25.5. The number of aliphatic hydroxyl groups excluding tert-OH is 1. The lowest BCUT2D eigenvalue weighted by molar-refractivity contribution is -0.153. The minimum Gasteiger partial charge on any atom is -0.461 e. The fourth-order valence-corrected chi connectivity index (χ4v) is 4.91. The SMILES string of the molecule is Cc1ccnn1CCC(=O)N1CCC2(CC1)CC(CN1CCC(O)CC1)OC2=O. The molecule has 160 valence electrons. The molecule has 3 fully saturated rings. The number of aromatic nitrogens is 2. The standard InChI is InChI=1S/C21H32N4O4/c1-16-2-8-22-25(16)11-5-19(27)24-12-6-21(7-13-24)14-18(29-20(21)28)15-23-9-3-17(26)4-10-23/h2,8,17-18,26H,3-7,9-15H2,1H3. The Balaban J connectivity index is 1.25.